The lowest BCUT2D eigenvalue weighted by molar-refractivity contribution is 0.262. The fraction of sp³-hybridized carbons (Fsp3) is 0.133. The lowest BCUT2D eigenvalue weighted by Gasteiger charge is -2.12. The van der Waals surface area contributed by atoms with Gasteiger partial charge in [-0.3, -0.25) is 0 Å². The van der Waals surface area contributed by atoms with E-state index in [2.05, 4.69) is 10.6 Å². The highest BCUT2D eigenvalue weighted by molar-refractivity contribution is 6.00. The summed E-state index contributed by atoms with van der Waals surface area (Å²) in [5, 5.41) is 5.46. The van der Waals surface area contributed by atoms with Crippen molar-refractivity contribution in [1.82, 2.24) is 0 Å². The lowest BCUT2D eigenvalue weighted by atomic mass is 10.2. The zero-order chi connectivity index (χ0) is 14.4. The maximum Gasteiger partial charge on any atom is 0.323 e. The van der Waals surface area contributed by atoms with Gasteiger partial charge in [0, 0.05) is 11.8 Å². The maximum absolute atomic E-state index is 11.9. The van der Waals surface area contributed by atoms with Crippen LogP contribution >= 0.6 is 0 Å². The second-order valence-electron chi connectivity index (χ2n) is 4.01. The van der Waals surface area contributed by atoms with Crippen LogP contribution in [0.2, 0.25) is 0 Å². The number of carbonyl (C=O) groups is 1. The van der Waals surface area contributed by atoms with E-state index in [9.17, 15) is 4.79 Å². The Hall–Kier alpha value is -2.69. The third-order valence-corrected chi connectivity index (χ3v) is 2.69. The molecular formula is C15H16N2O3. The van der Waals surface area contributed by atoms with E-state index in [1.807, 2.05) is 30.3 Å². The van der Waals surface area contributed by atoms with Gasteiger partial charge in [-0.15, -0.1) is 0 Å². The molecule has 0 saturated carbocycles. The summed E-state index contributed by atoms with van der Waals surface area (Å²) >= 11 is 0. The predicted octanol–water partition coefficient (Wildman–Crippen LogP) is 3.35. The molecule has 20 heavy (non-hydrogen) atoms. The smallest absolute Gasteiger partial charge is 0.323 e. The van der Waals surface area contributed by atoms with E-state index in [0.717, 1.165) is 0 Å². The highest BCUT2D eigenvalue weighted by Gasteiger charge is 2.09. The molecule has 0 atom stereocenters. The van der Waals surface area contributed by atoms with Gasteiger partial charge in [0.15, 0.2) is 0 Å². The van der Waals surface area contributed by atoms with Crippen LogP contribution in [0.3, 0.4) is 0 Å². The lowest BCUT2D eigenvalue weighted by Crippen LogP contribution is -2.19. The van der Waals surface area contributed by atoms with Crippen LogP contribution in [0.4, 0.5) is 16.2 Å². The van der Waals surface area contributed by atoms with Crippen molar-refractivity contribution in [3.05, 3.63) is 48.5 Å². The van der Waals surface area contributed by atoms with Crippen LogP contribution in [0, 0.1) is 0 Å². The number of methoxy groups -OCH3 is 2. The van der Waals surface area contributed by atoms with Gasteiger partial charge in [-0.05, 0) is 24.3 Å². The molecule has 2 rings (SSSR count). The molecule has 0 aliphatic rings. The third-order valence-electron chi connectivity index (χ3n) is 2.69. The van der Waals surface area contributed by atoms with Crippen molar-refractivity contribution >= 4 is 17.4 Å². The summed E-state index contributed by atoms with van der Waals surface area (Å²) < 4.78 is 10.3. The van der Waals surface area contributed by atoms with E-state index in [1.165, 1.54) is 0 Å². The van der Waals surface area contributed by atoms with E-state index in [0.29, 0.717) is 22.9 Å². The van der Waals surface area contributed by atoms with Crippen molar-refractivity contribution in [2.45, 2.75) is 0 Å². The number of hydrogen-bond acceptors (Lipinski definition) is 3. The Morgan fingerprint density at radius 1 is 0.950 bits per heavy atom. The normalized spacial score (nSPS) is 9.70. The van der Waals surface area contributed by atoms with Gasteiger partial charge in [0.05, 0.1) is 19.9 Å². The van der Waals surface area contributed by atoms with Crippen LogP contribution in [0.15, 0.2) is 48.5 Å². The molecule has 104 valence electrons. The Morgan fingerprint density at radius 3 is 2.35 bits per heavy atom. The molecule has 2 aromatic rings. The quantitative estimate of drug-likeness (QED) is 0.897. The fourth-order valence-corrected chi connectivity index (χ4v) is 1.72. The maximum atomic E-state index is 11.9. The van der Waals surface area contributed by atoms with Crippen molar-refractivity contribution in [2.75, 3.05) is 24.9 Å². The minimum absolute atomic E-state index is 0.345. The summed E-state index contributed by atoms with van der Waals surface area (Å²) in [6.07, 6.45) is 0. The largest absolute Gasteiger partial charge is 0.497 e. The minimum Gasteiger partial charge on any atom is -0.497 e. The Morgan fingerprint density at radius 2 is 1.70 bits per heavy atom. The Bertz CT molecular complexity index is 585. The van der Waals surface area contributed by atoms with Gasteiger partial charge in [0.2, 0.25) is 0 Å². The number of ether oxygens (including phenoxy) is 2. The number of anilines is 2. The molecule has 0 aromatic heterocycles. The summed E-state index contributed by atoms with van der Waals surface area (Å²) in [5.74, 6) is 1.20. The zero-order valence-electron chi connectivity index (χ0n) is 11.3. The summed E-state index contributed by atoms with van der Waals surface area (Å²) in [5.41, 5.74) is 1.26. The van der Waals surface area contributed by atoms with E-state index >= 15 is 0 Å². The van der Waals surface area contributed by atoms with Crippen molar-refractivity contribution in [3.63, 3.8) is 0 Å². The molecular weight excluding hydrogens is 256 g/mol. The first-order chi connectivity index (χ1) is 9.72. The van der Waals surface area contributed by atoms with Gasteiger partial charge < -0.3 is 20.1 Å². The van der Waals surface area contributed by atoms with Crippen LogP contribution in [0.1, 0.15) is 0 Å². The van der Waals surface area contributed by atoms with E-state index < -0.39 is 0 Å². The van der Waals surface area contributed by atoms with Crippen LogP contribution in [-0.2, 0) is 0 Å². The van der Waals surface area contributed by atoms with Gasteiger partial charge in [0.1, 0.15) is 11.5 Å². The molecule has 5 nitrogen and oxygen atoms in total. The highest BCUT2D eigenvalue weighted by Crippen LogP contribution is 2.28. The first-order valence-corrected chi connectivity index (χ1v) is 6.08. The predicted molar refractivity (Wildman–Crippen MR) is 78.6 cm³/mol. The third kappa shape index (κ3) is 3.41. The van der Waals surface area contributed by atoms with Crippen LogP contribution < -0.4 is 20.1 Å². The number of para-hydroxylation sites is 1. The van der Waals surface area contributed by atoms with Gasteiger partial charge >= 0.3 is 6.03 Å². The van der Waals surface area contributed by atoms with E-state index in [4.69, 9.17) is 9.47 Å². The zero-order valence-corrected chi connectivity index (χ0v) is 11.3. The molecule has 2 amide bonds. The Balaban J connectivity index is 2.10. The van der Waals surface area contributed by atoms with E-state index in [-0.39, 0.29) is 6.03 Å². The molecule has 5 heteroatoms. The molecule has 0 aliphatic heterocycles. The number of urea groups is 1. The van der Waals surface area contributed by atoms with Gasteiger partial charge in [-0.25, -0.2) is 4.79 Å². The number of rotatable bonds is 4. The van der Waals surface area contributed by atoms with Crippen LogP contribution in [-0.4, -0.2) is 20.3 Å². The van der Waals surface area contributed by atoms with Crippen LogP contribution in [0.5, 0.6) is 11.5 Å². The van der Waals surface area contributed by atoms with Crippen molar-refractivity contribution in [3.8, 4) is 11.5 Å². The molecule has 0 unspecified atom stereocenters. The molecule has 0 saturated heterocycles. The van der Waals surface area contributed by atoms with Crippen LogP contribution in [0.25, 0.3) is 0 Å². The average Bonchev–Trinajstić information content (AvgIpc) is 2.48. The monoisotopic (exact) mass is 272 g/mol. The second-order valence-corrected chi connectivity index (χ2v) is 4.01. The molecule has 0 fully saturated rings. The number of hydrogen-bond donors (Lipinski definition) is 2. The summed E-state index contributed by atoms with van der Waals surface area (Å²) in [4.78, 5) is 11.9. The molecule has 0 spiro atoms. The molecule has 2 N–H and O–H groups in total. The first-order valence-electron chi connectivity index (χ1n) is 6.08. The van der Waals surface area contributed by atoms with Gasteiger partial charge in [-0.1, -0.05) is 18.2 Å². The number of amides is 2. The van der Waals surface area contributed by atoms with Gasteiger partial charge in [-0.2, -0.15) is 0 Å². The minimum atomic E-state index is -0.345. The summed E-state index contributed by atoms with van der Waals surface area (Å²) in [7, 11) is 3.11. The number of carbonyl (C=O) groups excluding carboxylic acids is 1. The van der Waals surface area contributed by atoms with Crippen molar-refractivity contribution < 1.29 is 14.3 Å². The molecule has 0 heterocycles. The topological polar surface area (TPSA) is 59.6 Å². The molecule has 0 aliphatic carbocycles. The molecule has 0 radical (unpaired) electrons. The summed E-state index contributed by atoms with van der Waals surface area (Å²) in [6, 6.07) is 14.0. The number of nitrogens with one attached hydrogen (secondary N) is 2. The van der Waals surface area contributed by atoms with E-state index in [1.54, 1.807) is 32.4 Å². The highest BCUT2D eigenvalue weighted by atomic mass is 16.5. The summed E-state index contributed by atoms with van der Waals surface area (Å²) in [6.45, 7) is 0. The molecule has 0 bridgehead atoms. The SMILES string of the molecule is COc1ccc(OC)c(NC(=O)Nc2ccccc2)c1. The second kappa shape index (κ2) is 6.47. The Labute approximate surface area is 117 Å². The van der Waals surface area contributed by atoms with Crippen molar-refractivity contribution in [2.24, 2.45) is 0 Å². The first kappa shape index (κ1) is 13.7. The average molecular weight is 272 g/mol. The number of benzene rings is 2. The Kier molecular flexibility index (Phi) is 4.44. The fourth-order valence-electron chi connectivity index (χ4n) is 1.72. The standard InChI is InChI=1S/C15H16N2O3/c1-19-12-8-9-14(20-2)13(10-12)17-15(18)16-11-6-4-3-5-7-11/h3-10H,1-2H3,(H2,16,17,18). The van der Waals surface area contributed by atoms with Crippen molar-refractivity contribution in [1.29, 1.82) is 0 Å². The van der Waals surface area contributed by atoms with Gasteiger partial charge in [0.25, 0.3) is 0 Å². The molecule has 2 aromatic carbocycles.